The SMILES string of the molecule is COC(=O)c1ccc(-c2ccc(N3CCc4ccccc4C3)cc2)cc1. The third-order valence-corrected chi connectivity index (χ3v) is 5.00. The van der Waals surface area contributed by atoms with Gasteiger partial charge < -0.3 is 9.64 Å². The van der Waals surface area contributed by atoms with E-state index in [1.807, 2.05) is 12.1 Å². The average Bonchev–Trinajstić information content (AvgIpc) is 2.73. The molecule has 3 heteroatoms. The summed E-state index contributed by atoms with van der Waals surface area (Å²) in [6.07, 6.45) is 1.09. The van der Waals surface area contributed by atoms with Crippen LogP contribution in [0.4, 0.5) is 5.69 Å². The van der Waals surface area contributed by atoms with Crippen molar-refractivity contribution in [3.8, 4) is 11.1 Å². The van der Waals surface area contributed by atoms with Crippen molar-refractivity contribution in [3.05, 3.63) is 89.5 Å². The van der Waals surface area contributed by atoms with E-state index in [-0.39, 0.29) is 5.97 Å². The molecule has 3 aromatic rings. The largest absolute Gasteiger partial charge is 0.465 e. The lowest BCUT2D eigenvalue weighted by Gasteiger charge is -2.30. The first kappa shape index (κ1) is 16.4. The van der Waals surface area contributed by atoms with Gasteiger partial charge in [-0.15, -0.1) is 0 Å². The van der Waals surface area contributed by atoms with E-state index < -0.39 is 0 Å². The van der Waals surface area contributed by atoms with Crippen LogP contribution in [-0.2, 0) is 17.7 Å². The molecule has 0 N–H and O–H groups in total. The van der Waals surface area contributed by atoms with Gasteiger partial charge in [0.25, 0.3) is 0 Å². The molecule has 1 heterocycles. The van der Waals surface area contributed by atoms with Crippen LogP contribution >= 0.6 is 0 Å². The average molecular weight is 343 g/mol. The first-order chi connectivity index (χ1) is 12.7. The first-order valence-corrected chi connectivity index (χ1v) is 8.85. The van der Waals surface area contributed by atoms with Crippen LogP contribution < -0.4 is 4.90 Å². The smallest absolute Gasteiger partial charge is 0.337 e. The maximum absolute atomic E-state index is 11.5. The molecule has 1 aliphatic rings. The highest BCUT2D eigenvalue weighted by Gasteiger charge is 2.16. The lowest BCUT2D eigenvalue weighted by Crippen LogP contribution is -2.30. The van der Waals surface area contributed by atoms with Gasteiger partial charge in [-0.05, 0) is 52.9 Å². The van der Waals surface area contributed by atoms with Gasteiger partial charge in [0, 0.05) is 18.8 Å². The number of rotatable bonds is 3. The van der Waals surface area contributed by atoms with Crippen molar-refractivity contribution in [2.45, 2.75) is 13.0 Å². The van der Waals surface area contributed by atoms with Gasteiger partial charge in [-0.25, -0.2) is 4.79 Å². The molecule has 0 aromatic heterocycles. The van der Waals surface area contributed by atoms with Gasteiger partial charge >= 0.3 is 5.97 Å². The van der Waals surface area contributed by atoms with E-state index >= 15 is 0 Å². The Labute approximate surface area is 153 Å². The Hall–Kier alpha value is -3.07. The second kappa shape index (κ2) is 7.04. The van der Waals surface area contributed by atoms with Crippen LogP contribution in [0.15, 0.2) is 72.8 Å². The third kappa shape index (κ3) is 3.21. The molecule has 0 aliphatic carbocycles. The standard InChI is InChI=1S/C23H21NO2/c1-26-23(25)20-8-6-18(7-9-20)19-10-12-22(13-11-19)24-15-14-17-4-2-3-5-21(17)16-24/h2-13H,14-16H2,1H3. The normalized spacial score (nSPS) is 13.2. The van der Waals surface area contributed by atoms with Gasteiger partial charge in [-0.1, -0.05) is 48.5 Å². The molecule has 0 atom stereocenters. The van der Waals surface area contributed by atoms with E-state index in [1.54, 1.807) is 12.1 Å². The van der Waals surface area contributed by atoms with Crippen molar-refractivity contribution >= 4 is 11.7 Å². The second-order valence-corrected chi connectivity index (χ2v) is 6.56. The fourth-order valence-electron chi connectivity index (χ4n) is 3.50. The van der Waals surface area contributed by atoms with Gasteiger partial charge in [0.2, 0.25) is 0 Å². The van der Waals surface area contributed by atoms with Crippen LogP contribution in [0.5, 0.6) is 0 Å². The third-order valence-electron chi connectivity index (χ3n) is 5.00. The number of ether oxygens (including phenoxy) is 1. The van der Waals surface area contributed by atoms with Gasteiger partial charge in [0.1, 0.15) is 0 Å². The summed E-state index contributed by atoms with van der Waals surface area (Å²) >= 11 is 0. The number of carbonyl (C=O) groups is 1. The summed E-state index contributed by atoms with van der Waals surface area (Å²) in [5.74, 6) is -0.308. The molecule has 0 unspecified atom stereocenters. The van der Waals surface area contributed by atoms with Crippen molar-refractivity contribution in [3.63, 3.8) is 0 Å². The quantitative estimate of drug-likeness (QED) is 0.646. The molecule has 3 nitrogen and oxygen atoms in total. The summed E-state index contributed by atoms with van der Waals surface area (Å²) in [7, 11) is 1.40. The van der Waals surface area contributed by atoms with Crippen LogP contribution in [0.2, 0.25) is 0 Å². The van der Waals surface area contributed by atoms with Crippen LogP contribution in [-0.4, -0.2) is 19.6 Å². The molecule has 0 saturated heterocycles. The highest BCUT2D eigenvalue weighted by molar-refractivity contribution is 5.90. The summed E-state index contributed by atoms with van der Waals surface area (Å²) in [6.45, 7) is 2.01. The van der Waals surface area contributed by atoms with Crippen molar-refractivity contribution in [1.29, 1.82) is 0 Å². The summed E-state index contributed by atoms with van der Waals surface area (Å²) in [5, 5.41) is 0. The number of carbonyl (C=O) groups excluding carboxylic acids is 1. The molecule has 0 radical (unpaired) electrons. The number of nitrogens with zero attached hydrogens (tertiary/aromatic N) is 1. The zero-order valence-corrected chi connectivity index (χ0v) is 14.8. The molecule has 26 heavy (non-hydrogen) atoms. The first-order valence-electron chi connectivity index (χ1n) is 8.85. The number of benzene rings is 3. The van der Waals surface area contributed by atoms with Crippen LogP contribution in [0.3, 0.4) is 0 Å². The summed E-state index contributed by atoms with van der Waals surface area (Å²) in [5.41, 5.74) is 6.93. The Morgan fingerprint density at radius 3 is 2.12 bits per heavy atom. The van der Waals surface area contributed by atoms with Gasteiger partial charge in [-0.2, -0.15) is 0 Å². The van der Waals surface area contributed by atoms with E-state index in [1.165, 1.54) is 23.9 Å². The lowest BCUT2D eigenvalue weighted by molar-refractivity contribution is 0.0601. The van der Waals surface area contributed by atoms with Crippen LogP contribution in [0.25, 0.3) is 11.1 Å². The highest BCUT2D eigenvalue weighted by atomic mass is 16.5. The molecular formula is C23H21NO2. The number of hydrogen-bond donors (Lipinski definition) is 0. The molecule has 0 spiro atoms. The van der Waals surface area contributed by atoms with Crippen molar-refractivity contribution in [2.75, 3.05) is 18.6 Å². The summed E-state index contributed by atoms with van der Waals surface area (Å²) in [4.78, 5) is 14.0. The van der Waals surface area contributed by atoms with Gasteiger partial charge in [-0.3, -0.25) is 0 Å². The Morgan fingerprint density at radius 1 is 0.846 bits per heavy atom. The lowest BCUT2D eigenvalue weighted by atomic mass is 9.99. The molecule has 0 saturated carbocycles. The summed E-state index contributed by atoms with van der Waals surface area (Å²) in [6, 6.07) is 24.8. The highest BCUT2D eigenvalue weighted by Crippen LogP contribution is 2.27. The molecular weight excluding hydrogens is 322 g/mol. The Balaban J connectivity index is 1.51. The molecule has 130 valence electrons. The van der Waals surface area contributed by atoms with Gasteiger partial charge in [0.05, 0.1) is 12.7 Å². The Bertz CT molecular complexity index is 914. The van der Waals surface area contributed by atoms with Crippen molar-refractivity contribution < 1.29 is 9.53 Å². The van der Waals surface area contributed by atoms with E-state index in [9.17, 15) is 4.79 Å². The number of hydrogen-bond acceptors (Lipinski definition) is 3. The predicted molar refractivity (Wildman–Crippen MR) is 104 cm³/mol. The summed E-state index contributed by atoms with van der Waals surface area (Å²) < 4.78 is 4.75. The zero-order chi connectivity index (χ0) is 17.9. The van der Waals surface area contributed by atoms with Gasteiger partial charge in [0.15, 0.2) is 0 Å². The van der Waals surface area contributed by atoms with E-state index in [0.29, 0.717) is 5.56 Å². The number of fused-ring (bicyclic) bond motifs is 1. The monoisotopic (exact) mass is 343 g/mol. The minimum atomic E-state index is -0.308. The molecule has 3 aromatic carbocycles. The molecule has 4 rings (SSSR count). The molecule has 0 amide bonds. The fourth-order valence-corrected chi connectivity index (χ4v) is 3.50. The zero-order valence-electron chi connectivity index (χ0n) is 14.8. The van der Waals surface area contributed by atoms with Crippen LogP contribution in [0.1, 0.15) is 21.5 Å². The molecule has 0 bridgehead atoms. The van der Waals surface area contributed by atoms with E-state index in [2.05, 4.69) is 53.4 Å². The number of anilines is 1. The second-order valence-electron chi connectivity index (χ2n) is 6.56. The Morgan fingerprint density at radius 2 is 1.46 bits per heavy atom. The topological polar surface area (TPSA) is 29.5 Å². The van der Waals surface area contributed by atoms with E-state index in [0.717, 1.165) is 30.6 Å². The maximum Gasteiger partial charge on any atom is 0.337 e. The van der Waals surface area contributed by atoms with Crippen molar-refractivity contribution in [1.82, 2.24) is 0 Å². The predicted octanol–water partition coefficient (Wildman–Crippen LogP) is 4.70. The maximum atomic E-state index is 11.5. The molecule has 0 fully saturated rings. The minimum absolute atomic E-state index is 0.308. The Kier molecular flexibility index (Phi) is 4.44. The minimum Gasteiger partial charge on any atom is -0.465 e. The molecule has 1 aliphatic heterocycles. The van der Waals surface area contributed by atoms with Crippen molar-refractivity contribution in [2.24, 2.45) is 0 Å². The number of methoxy groups -OCH3 is 1. The van der Waals surface area contributed by atoms with Crippen LogP contribution in [0, 0.1) is 0 Å². The van der Waals surface area contributed by atoms with E-state index in [4.69, 9.17) is 4.74 Å². The fraction of sp³-hybridized carbons (Fsp3) is 0.174. The number of esters is 1.